The van der Waals surface area contributed by atoms with Gasteiger partial charge in [-0.15, -0.1) is 0 Å². The van der Waals surface area contributed by atoms with E-state index in [0.29, 0.717) is 0 Å². The topological polar surface area (TPSA) is 46.6 Å². The first kappa shape index (κ1) is 11.7. The maximum Gasteiger partial charge on any atom is 0.307 e. The van der Waals surface area contributed by atoms with Crippen molar-refractivity contribution in [2.24, 2.45) is 5.92 Å². The van der Waals surface area contributed by atoms with Crippen LogP contribution in [0.1, 0.15) is 18.9 Å². The molecule has 0 unspecified atom stereocenters. The molecule has 2 atom stereocenters. The molecule has 4 nitrogen and oxygen atoms in total. The predicted molar refractivity (Wildman–Crippen MR) is 69.1 cm³/mol. The molecule has 18 heavy (non-hydrogen) atoms. The number of fused-ring (bicyclic) bond motifs is 2. The lowest BCUT2D eigenvalue weighted by Gasteiger charge is -2.25. The van der Waals surface area contributed by atoms with Gasteiger partial charge in [0.05, 0.1) is 12.1 Å². The summed E-state index contributed by atoms with van der Waals surface area (Å²) in [4.78, 5) is 25.6. The van der Waals surface area contributed by atoms with Crippen molar-refractivity contribution in [1.82, 2.24) is 0 Å². The summed E-state index contributed by atoms with van der Waals surface area (Å²) in [6.07, 6.45) is 0.283. The van der Waals surface area contributed by atoms with Crippen molar-refractivity contribution < 1.29 is 14.3 Å². The van der Waals surface area contributed by atoms with E-state index in [4.69, 9.17) is 4.74 Å². The van der Waals surface area contributed by atoms with Gasteiger partial charge in [0.25, 0.3) is 5.91 Å². The Bertz CT molecular complexity index is 571. The SMILES string of the molecule is C[C@@H]1CC(=O)O[C@]12C(=O)N(C)c1ccc(Br)cc12. The number of nitrogens with zero attached hydrogens (tertiary/aromatic N) is 1. The van der Waals surface area contributed by atoms with Crippen molar-refractivity contribution in [2.75, 3.05) is 11.9 Å². The van der Waals surface area contributed by atoms with E-state index in [9.17, 15) is 9.59 Å². The number of rotatable bonds is 0. The van der Waals surface area contributed by atoms with Gasteiger partial charge in [-0.1, -0.05) is 22.9 Å². The fraction of sp³-hybridized carbons (Fsp3) is 0.385. The lowest BCUT2D eigenvalue weighted by Crippen LogP contribution is -2.42. The summed E-state index contributed by atoms with van der Waals surface area (Å²) in [5, 5.41) is 0. The molecule has 2 aliphatic heterocycles. The lowest BCUT2D eigenvalue weighted by atomic mass is 9.83. The van der Waals surface area contributed by atoms with Gasteiger partial charge in [0.15, 0.2) is 0 Å². The van der Waals surface area contributed by atoms with Crippen molar-refractivity contribution >= 4 is 33.5 Å². The zero-order valence-electron chi connectivity index (χ0n) is 10.1. The van der Waals surface area contributed by atoms with Crippen molar-refractivity contribution in [3.8, 4) is 0 Å². The normalized spacial score (nSPS) is 29.9. The number of hydrogen-bond donors (Lipinski definition) is 0. The molecule has 1 aromatic rings. The molecular formula is C13H12BrNO3. The molecule has 0 saturated carbocycles. The maximum absolute atomic E-state index is 12.5. The minimum atomic E-state index is -1.12. The lowest BCUT2D eigenvalue weighted by molar-refractivity contribution is -0.158. The molecule has 94 valence electrons. The van der Waals surface area contributed by atoms with Gasteiger partial charge in [0.1, 0.15) is 0 Å². The zero-order valence-corrected chi connectivity index (χ0v) is 11.7. The van der Waals surface area contributed by atoms with Gasteiger partial charge >= 0.3 is 5.97 Å². The molecule has 0 N–H and O–H groups in total. The number of likely N-dealkylation sites (N-methyl/N-ethyl adjacent to an activating group) is 1. The molecule has 5 heteroatoms. The number of hydrogen-bond acceptors (Lipinski definition) is 3. The monoisotopic (exact) mass is 309 g/mol. The summed E-state index contributed by atoms with van der Waals surface area (Å²) in [6.45, 7) is 1.88. The smallest absolute Gasteiger partial charge is 0.307 e. The largest absolute Gasteiger partial charge is 0.444 e. The minimum absolute atomic E-state index is 0.143. The molecule has 0 radical (unpaired) electrons. The van der Waals surface area contributed by atoms with Crippen molar-refractivity contribution in [2.45, 2.75) is 18.9 Å². The average molecular weight is 310 g/mol. The molecule has 2 heterocycles. The molecule has 1 aromatic carbocycles. The van der Waals surface area contributed by atoms with Gasteiger partial charge in [-0.05, 0) is 18.2 Å². The van der Waals surface area contributed by atoms with E-state index < -0.39 is 5.60 Å². The second kappa shape index (κ2) is 3.57. The highest BCUT2D eigenvalue weighted by atomic mass is 79.9. The highest BCUT2D eigenvalue weighted by molar-refractivity contribution is 9.10. The third kappa shape index (κ3) is 1.25. The molecule has 0 aromatic heterocycles. The van der Waals surface area contributed by atoms with Crippen LogP contribution in [0.25, 0.3) is 0 Å². The molecule has 1 fully saturated rings. The number of esters is 1. The summed E-state index contributed by atoms with van der Waals surface area (Å²) < 4.78 is 6.31. The minimum Gasteiger partial charge on any atom is -0.444 e. The van der Waals surface area contributed by atoms with Crippen LogP contribution in [0, 0.1) is 5.92 Å². The molecule has 2 aliphatic rings. The van der Waals surface area contributed by atoms with Gasteiger partial charge in [-0.3, -0.25) is 9.59 Å². The number of ether oxygens (including phenoxy) is 1. The van der Waals surface area contributed by atoms with Crippen LogP contribution in [-0.2, 0) is 19.9 Å². The molecular weight excluding hydrogens is 298 g/mol. The zero-order chi connectivity index (χ0) is 13.1. The van der Waals surface area contributed by atoms with Gasteiger partial charge in [-0.25, -0.2) is 0 Å². The fourth-order valence-electron chi connectivity index (χ4n) is 2.86. The Morgan fingerprint density at radius 3 is 2.78 bits per heavy atom. The van der Waals surface area contributed by atoms with Crippen molar-refractivity contribution in [3.63, 3.8) is 0 Å². The van der Waals surface area contributed by atoms with Crippen LogP contribution >= 0.6 is 15.9 Å². The van der Waals surface area contributed by atoms with E-state index in [1.807, 2.05) is 25.1 Å². The van der Waals surface area contributed by atoms with Crippen LogP contribution in [0.15, 0.2) is 22.7 Å². The Hall–Kier alpha value is -1.36. The number of carbonyl (C=O) groups is 2. The molecule has 1 amide bonds. The Kier molecular flexibility index (Phi) is 2.32. The van der Waals surface area contributed by atoms with Crippen molar-refractivity contribution in [3.05, 3.63) is 28.2 Å². The first-order valence-corrected chi connectivity index (χ1v) is 6.56. The van der Waals surface area contributed by atoms with Crippen LogP contribution < -0.4 is 4.90 Å². The maximum atomic E-state index is 12.5. The van der Waals surface area contributed by atoms with Crippen LogP contribution in [0.5, 0.6) is 0 Å². The molecule has 0 bridgehead atoms. The second-order valence-corrected chi connectivity index (χ2v) is 5.76. The van der Waals surface area contributed by atoms with E-state index in [-0.39, 0.29) is 24.2 Å². The first-order chi connectivity index (χ1) is 8.46. The number of carbonyl (C=O) groups excluding carboxylic acids is 2. The number of benzene rings is 1. The number of amides is 1. The van der Waals surface area contributed by atoms with Crippen LogP contribution in [0.2, 0.25) is 0 Å². The van der Waals surface area contributed by atoms with E-state index in [1.165, 1.54) is 0 Å². The van der Waals surface area contributed by atoms with E-state index in [0.717, 1.165) is 15.7 Å². The van der Waals surface area contributed by atoms with Crippen molar-refractivity contribution in [1.29, 1.82) is 0 Å². The highest BCUT2D eigenvalue weighted by Gasteiger charge is 2.60. The van der Waals surface area contributed by atoms with Crippen LogP contribution in [0.4, 0.5) is 5.69 Å². The van der Waals surface area contributed by atoms with Gasteiger partial charge in [0.2, 0.25) is 5.60 Å². The second-order valence-electron chi connectivity index (χ2n) is 4.84. The Labute approximate surface area is 113 Å². The third-order valence-corrected chi connectivity index (χ3v) is 4.28. The standard InChI is InChI=1S/C13H12BrNO3/c1-7-5-11(16)18-13(7)9-6-8(14)3-4-10(9)15(2)12(13)17/h3-4,6-7H,5H2,1-2H3/t7-,13-/m1/s1. The summed E-state index contributed by atoms with van der Waals surface area (Å²) in [5.41, 5.74) is 0.470. The summed E-state index contributed by atoms with van der Waals surface area (Å²) in [7, 11) is 1.71. The Morgan fingerprint density at radius 1 is 1.44 bits per heavy atom. The molecule has 0 aliphatic carbocycles. The number of halogens is 1. The fourth-order valence-corrected chi connectivity index (χ4v) is 3.22. The van der Waals surface area contributed by atoms with E-state index in [1.54, 1.807) is 11.9 Å². The average Bonchev–Trinajstić information content (AvgIpc) is 2.72. The predicted octanol–water partition coefficient (Wildman–Crippen LogP) is 2.20. The van der Waals surface area contributed by atoms with Crippen LogP contribution in [-0.4, -0.2) is 18.9 Å². The number of anilines is 1. The molecule has 1 saturated heterocycles. The van der Waals surface area contributed by atoms with E-state index in [2.05, 4.69) is 15.9 Å². The highest BCUT2D eigenvalue weighted by Crippen LogP contribution is 2.51. The quantitative estimate of drug-likeness (QED) is 0.690. The summed E-state index contributed by atoms with van der Waals surface area (Å²) >= 11 is 3.40. The first-order valence-electron chi connectivity index (χ1n) is 5.77. The van der Waals surface area contributed by atoms with E-state index >= 15 is 0 Å². The Morgan fingerprint density at radius 2 is 2.17 bits per heavy atom. The molecule has 1 spiro atoms. The van der Waals surface area contributed by atoms with Gasteiger partial charge < -0.3 is 9.64 Å². The van der Waals surface area contributed by atoms with Crippen LogP contribution in [0.3, 0.4) is 0 Å². The third-order valence-electron chi connectivity index (χ3n) is 3.78. The summed E-state index contributed by atoms with van der Waals surface area (Å²) in [5.74, 6) is -0.610. The Balaban J connectivity index is 2.26. The van der Waals surface area contributed by atoms with Gasteiger partial charge in [-0.2, -0.15) is 0 Å². The molecule has 3 rings (SSSR count). The van der Waals surface area contributed by atoms with Gasteiger partial charge in [0, 0.05) is 23.0 Å². The summed E-state index contributed by atoms with van der Waals surface area (Å²) in [6, 6.07) is 5.61.